The summed E-state index contributed by atoms with van der Waals surface area (Å²) in [7, 11) is -3.48. The van der Waals surface area contributed by atoms with Crippen LogP contribution in [0.5, 0.6) is 0 Å². The van der Waals surface area contributed by atoms with Gasteiger partial charge in [-0.25, -0.2) is 13.1 Å². The number of aliphatic hydroxyl groups excluding tert-OH is 1. The summed E-state index contributed by atoms with van der Waals surface area (Å²) in [6, 6.07) is 13.2. The topological polar surface area (TPSA) is 66.4 Å². The average Bonchev–Trinajstić information content (AvgIpc) is 3.02. The number of nitrogens with one attached hydrogen (secondary N) is 1. The van der Waals surface area contributed by atoms with Crippen LogP contribution in [0.25, 0.3) is 0 Å². The van der Waals surface area contributed by atoms with Crippen molar-refractivity contribution in [1.29, 1.82) is 0 Å². The molecule has 0 saturated heterocycles. The van der Waals surface area contributed by atoms with Crippen LogP contribution in [-0.4, -0.2) is 26.7 Å². The van der Waals surface area contributed by atoms with Crippen molar-refractivity contribution in [2.45, 2.75) is 29.9 Å². The summed E-state index contributed by atoms with van der Waals surface area (Å²) in [6.07, 6.45) is 1.36. The molecule has 0 aliphatic carbocycles. The number of aryl methyl sites for hydroxylation is 1. The molecule has 0 bridgehead atoms. The summed E-state index contributed by atoms with van der Waals surface area (Å²) in [4.78, 5) is 1.05. The van der Waals surface area contributed by atoms with Crippen LogP contribution < -0.4 is 4.72 Å². The molecule has 2 rings (SSSR count). The van der Waals surface area contributed by atoms with Crippen LogP contribution in [0.4, 0.5) is 0 Å². The van der Waals surface area contributed by atoms with Gasteiger partial charge in [0, 0.05) is 18.0 Å². The number of thiophene rings is 1. The molecule has 1 atom stereocenters. The van der Waals surface area contributed by atoms with E-state index in [0.29, 0.717) is 10.6 Å². The van der Waals surface area contributed by atoms with Gasteiger partial charge >= 0.3 is 0 Å². The van der Waals surface area contributed by atoms with Crippen LogP contribution in [0, 0.1) is 0 Å². The number of rotatable bonds is 8. The summed E-state index contributed by atoms with van der Waals surface area (Å²) in [6.45, 7) is 2.31. The fourth-order valence-electron chi connectivity index (χ4n) is 2.24. The van der Waals surface area contributed by atoms with Crippen LogP contribution in [0.3, 0.4) is 0 Å². The van der Waals surface area contributed by atoms with Crippen LogP contribution >= 0.6 is 11.3 Å². The van der Waals surface area contributed by atoms with Crippen LogP contribution in [-0.2, 0) is 16.4 Å². The number of hydrogen-bond acceptors (Lipinski definition) is 4. The van der Waals surface area contributed by atoms with Gasteiger partial charge in [-0.05, 0) is 36.5 Å². The van der Waals surface area contributed by atoms with E-state index in [-0.39, 0.29) is 19.1 Å². The molecule has 0 aliphatic rings. The van der Waals surface area contributed by atoms with Gasteiger partial charge in [0.2, 0.25) is 10.0 Å². The summed E-state index contributed by atoms with van der Waals surface area (Å²) in [5, 5.41) is 9.20. The zero-order valence-electron chi connectivity index (χ0n) is 12.5. The fraction of sp³-hybridized carbons (Fsp3) is 0.375. The van der Waals surface area contributed by atoms with Crippen molar-refractivity contribution in [1.82, 2.24) is 4.72 Å². The first-order valence-electron chi connectivity index (χ1n) is 7.31. The lowest BCUT2D eigenvalue weighted by Gasteiger charge is -2.16. The van der Waals surface area contributed by atoms with Gasteiger partial charge in [0.25, 0.3) is 0 Å². The predicted molar refractivity (Wildman–Crippen MR) is 89.8 cm³/mol. The zero-order chi connectivity index (χ0) is 16.0. The number of aliphatic hydroxyl groups is 1. The van der Waals surface area contributed by atoms with Crippen molar-refractivity contribution in [2.24, 2.45) is 0 Å². The van der Waals surface area contributed by atoms with Gasteiger partial charge in [-0.1, -0.05) is 37.3 Å². The average molecular weight is 339 g/mol. The third-order valence-corrected chi connectivity index (χ3v) is 6.66. The molecule has 0 radical (unpaired) electrons. The second kappa shape index (κ2) is 7.87. The molecule has 0 fully saturated rings. The Morgan fingerprint density at radius 3 is 2.50 bits per heavy atom. The maximum absolute atomic E-state index is 12.3. The van der Waals surface area contributed by atoms with Gasteiger partial charge in [0.05, 0.1) is 0 Å². The maximum atomic E-state index is 12.3. The van der Waals surface area contributed by atoms with Crippen molar-refractivity contribution in [3.63, 3.8) is 0 Å². The second-order valence-electron chi connectivity index (χ2n) is 5.05. The van der Waals surface area contributed by atoms with Gasteiger partial charge in [-0.2, -0.15) is 0 Å². The first-order valence-corrected chi connectivity index (χ1v) is 9.61. The highest BCUT2D eigenvalue weighted by Crippen LogP contribution is 2.23. The standard InChI is InChI=1S/C16H21NO3S2/c1-2-15-8-9-16(21-15)22(19,20)17-12-14(10-11-18)13-6-4-3-5-7-13/h3-9,14,17-18H,2,10-12H2,1H3. The molecule has 0 aliphatic heterocycles. The van der Waals surface area contributed by atoms with Crippen LogP contribution in [0.1, 0.15) is 29.7 Å². The van der Waals surface area contributed by atoms with Crippen molar-refractivity contribution < 1.29 is 13.5 Å². The van der Waals surface area contributed by atoms with E-state index in [0.717, 1.165) is 16.9 Å². The molecule has 6 heteroatoms. The molecule has 0 amide bonds. The quantitative estimate of drug-likeness (QED) is 0.777. The van der Waals surface area contributed by atoms with Crippen LogP contribution in [0.15, 0.2) is 46.7 Å². The minimum absolute atomic E-state index is 0.0280. The molecule has 2 N–H and O–H groups in total. The molecule has 1 unspecified atom stereocenters. The molecular weight excluding hydrogens is 318 g/mol. The van der Waals surface area contributed by atoms with E-state index in [1.165, 1.54) is 11.3 Å². The van der Waals surface area contributed by atoms with E-state index in [2.05, 4.69) is 4.72 Å². The molecule has 4 nitrogen and oxygen atoms in total. The molecular formula is C16H21NO3S2. The third kappa shape index (κ3) is 4.39. The Bertz CT molecular complexity index is 680. The normalized spacial score (nSPS) is 13.2. The Morgan fingerprint density at radius 2 is 1.91 bits per heavy atom. The molecule has 1 heterocycles. The second-order valence-corrected chi connectivity index (χ2v) is 8.21. The Hall–Kier alpha value is -1.21. The predicted octanol–water partition coefficient (Wildman–Crippen LogP) is 2.76. The lowest BCUT2D eigenvalue weighted by molar-refractivity contribution is 0.275. The Balaban J connectivity index is 2.08. The summed E-state index contributed by atoms with van der Waals surface area (Å²) in [5.41, 5.74) is 1.03. The van der Waals surface area contributed by atoms with Gasteiger partial charge in [-0.15, -0.1) is 11.3 Å². The highest BCUT2D eigenvalue weighted by molar-refractivity contribution is 7.91. The highest BCUT2D eigenvalue weighted by Gasteiger charge is 2.19. The van der Waals surface area contributed by atoms with Gasteiger partial charge < -0.3 is 5.11 Å². The van der Waals surface area contributed by atoms with E-state index in [9.17, 15) is 13.5 Å². The van der Waals surface area contributed by atoms with Crippen molar-refractivity contribution in [3.05, 3.63) is 52.9 Å². The SMILES string of the molecule is CCc1ccc(S(=O)(=O)NCC(CCO)c2ccccc2)s1. The van der Waals surface area contributed by atoms with E-state index in [1.807, 2.05) is 43.3 Å². The Labute approximate surface area is 135 Å². The molecule has 2 aromatic rings. The van der Waals surface area contributed by atoms with E-state index in [4.69, 9.17) is 0 Å². The van der Waals surface area contributed by atoms with E-state index in [1.54, 1.807) is 6.07 Å². The van der Waals surface area contributed by atoms with E-state index < -0.39 is 10.0 Å². The summed E-state index contributed by atoms with van der Waals surface area (Å²) in [5.74, 6) is -0.0356. The highest BCUT2D eigenvalue weighted by atomic mass is 32.2. The first kappa shape index (κ1) is 17.1. The van der Waals surface area contributed by atoms with Crippen molar-refractivity contribution in [2.75, 3.05) is 13.2 Å². The minimum atomic E-state index is -3.48. The first-order chi connectivity index (χ1) is 10.6. The van der Waals surface area contributed by atoms with Gasteiger partial charge in [0.15, 0.2) is 0 Å². The summed E-state index contributed by atoms with van der Waals surface area (Å²) >= 11 is 1.30. The largest absolute Gasteiger partial charge is 0.396 e. The van der Waals surface area contributed by atoms with Crippen molar-refractivity contribution >= 4 is 21.4 Å². The fourth-order valence-corrected chi connectivity index (χ4v) is 4.66. The van der Waals surface area contributed by atoms with Crippen LogP contribution in [0.2, 0.25) is 0 Å². The lowest BCUT2D eigenvalue weighted by Crippen LogP contribution is -2.28. The molecule has 1 aromatic carbocycles. The maximum Gasteiger partial charge on any atom is 0.250 e. The molecule has 22 heavy (non-hydrogen) atoms. The minimum Gasteiger partial charge on any atom is -0.396 e. The number of sulfonamides is 1. The Morgan fingerprint density at radius 1 is 1.18 bits per heavy atom. The van der Waals surface area contributed by atoms with Gasteiger partial charge in [0.1, 0.15) is 4.21 Å². The molecule has 0 saturated carbocycles. The zero-order valence-corrected chi connectivity index (χ0v) is 14.2. The van der Waals surface area contributed by atoms with E-state index >= 15 is 0 Å². The van der Waals surface area contributed by atoms with Crippen molar-refractivity contribution in [3.8, 4) is 0 Å². The molecule has 0 spiro atoms. The molecule has 120 valence electrons. The number of benzene rings is 1. The lowest BCUT2D eigenvalue weighted by atomic mass is 9.96. The van der Waals surface area contributed by atoms with Gasteiger partial charge in [-0.3, -0.25) is 0 Å². The molecule has 1 aromatic heterocycles. The smallest absolute Gasteiger partial charge is 0.250 e. The summed E-state index contributed by atoms with van der Waals surface area (Å²) < 4.78 is 27.7. The Kier molecular flexibility index (Phi) is 6.14. The number of hydrogen-bond donors (Lipinski definition) is 2. The monoisotopic (exact) mass is 339 g/mol. The third-order valence-electron chi connectivity index (χ3n) is 3.52.